The molecule has 1 aromatic rings. The second-order valence-electron chi connectivity index (χ2n) is 5.73. The van der Waals surface area contributed by atoms with E-state index in [2.05, 4.69) is 15.6 Å². The van der Waals surface area contributed by atoms with E-state index in [4.69, 9.17) is 5.11 Å². The van der Waals surface area contributed by atoms with Crippen LogP contribution in [0.2, 0.25) is 0 Å². The predicted molar refractivity (Wildman–Crippen MR) is 77.7 cm³/mol. The standard InChI is InChI=1S/C15H21N3O3/c1-11-4-2-7-16-12(11)9-17-14(21)18-10-15(5-3-6-15)8-13(19)20/h2,4,7H,3,5-6,8-10H2,1H3,(H,19,20)(H2,17,18,21). The van der Waals surface area contributed by atoms with Gasteiger partial charge in [-0.1, -0.05) is 12.5 Å². The Morgan fingerprint density at radius 2 is 2.14 bits per heavy atom. The average Bonchev–Trinajstić information content (AvgIpc) is 2.40. The number of hydrogen-bond donors (Lipinski definition) is 3. The smallest absolute Gasteiger partial charge is 0.315 e. The average molecular weight is 291 g/mol. The maximum atomic E-state index is 11.8. The molecule has 3 N–H and O–H groups in total. The van der Waals surface area contributed by atoms with Gasteiger partial charge in [-0.05, 0) is 36.8 Å². The number of urea groups is 1. The number of hydrogen-bond acceptors (Lipinski definition) is 3. The molecule has 114 valence electrons. The van der Waals surface area contributed by atoms with Crippen molar-refractivity contribution in [2.45, 2.75) is 39.2 Å². The summed E-state index contributed by atoms with van der Waals surface area (Å²) >= 11 is 0. The van der Waals surface area contributed by atoms with Gasteiger partial charge in [-0.2, -0.15) is 0 Å². The highest BCUT2D eigenvalue weighted by molar-refractivity contribution is 5.74. The van der Waals surface area contributed by atoms with Crippen LogP contribution in [-0.4, -0.2) is 28.6 Å². The fraction of sp³-hybridized carbons (Fsp3) is 0.533. The number of amides is 2. The lowest BCUT2D eigenvalue weighted by molar-refractivity contribution is -0.141. The van der Waals surface area contributed by atoms with E-state index >= 15 is 0 Å². The first-order valence-electron chi connectivity index (χ1n) is 7.15. The van der Waals surface area contributed by atoms with Crippen LogP contribution in [0, 0.1) is 12.3 Å². The summed E-state index contributed by atoms with van der Waals surface area (Å²) in [4.78, 5) is 26.9. The monoisotopic (exact) mass is 291 g/mol. The molecule has 2 amide bonds. The molecule has 6 nitrogen and oxygen atoms in total. The summed E-state index contributed by atoms with van der Waals surface area (Å²) in [5, 5.41) is 14.5. The van der Waals surface area contributed by atoms with Gasteiger partial charge in [-0.15, -0.1) is 0 Å². The molecular formula is C15H21N3O3. The number of carboxylic acids is 1. The molecule has 1 saturated carbocycles. The molecule has 0 atom stereocenters. The second kappa shape index (κ2) is 6.56. The number of carboxylic acid groups (broad SMARTS) is 1. The molecule has 0 saturated heterocycles. The third-order valence-electron chi connectivity index (χ3n) is 4.10. The normalized spacial score (nSPS) is 15.9. The lowest BCUT2D eigenvalue weighted by Gasteiger charge is -2.40. The highest BCUT2D eigenvalue weighted by Gasteiger charge is 2.39. The highest BCUT2D eigenvalue weighted by Crippen LogP contribution is 2.43. The van der Waals surface area contributed by atoms with Gasteiger partial charge in [0.05, 0.1) is 18.7 Å². The number of nitrogens with zero attached hydrogens (tertiary/aromatic N) is 1. The molecule has 1 aliphatic carbocycles. The van der Waals surface area contributed by atoms with Crippen molar-refractivity contribution in [2.75, 3.05) is 6.54 Å². The van der Waals surface area contributed by atoms with Crippen LogP contribution in [0.25, 0.3) is 0 Å². The fourth-order valence-corrected chi connectivity index (χ4v) is 2.61. The van der Waals surface area contributed by atoms with Gasteiger partial charge in [0.15, 0.2) is 0 Å². The molecule has 0 radical (unpaired) electrons. The maximum absolute atomic E-state index is 11.8. The van der Waals surface area contributed by atoms with Crippen LogP contribution < -0.4 is 10.6 Å². The number of aryl methyl sites for hydroxylation is 1. The zero-order valence-corrected chi connectivity index (χ0v) is 12.2. The predicted octanol–water partition coefficient (Wildman–Crippen LogP) is 1.83. The van der Waals surface area contributed by atoms with Crippen LogP contribution in [0.3, 0.4) is 0 Å². The first-order chi connectivity index (χ1) is 10.0. The van der Waals surface area contributed by atoms with E-state index in [1.807, 2.05) is 19.1 Å². The first kappa shape index (κ1) is 15.3. The van der Waals surface area contributed by atoms with Gasteiger partial charge >= 0.3 is 12.0 Å². The van der Waals surface area contributed by atoms with Gasteiger partial charge in [0, 0.05) is 12.7 Å². The minimum atomic E-state index is -0.805. The Balaban J connectivity index is 1.77. The van der Waals surface area contributed by atoms with Gasteiger partial charge in [-0.25, -0.2) is 4.79 Å². The molecule has 1 aromatic heterocycles. The Bertz CT molecular complexity index is 527. The SMILES string of the molecule is Cc1cccnc1CNC(=O)NCC1(CC(=O)O)CCC1. The molecule has 1 heterocycles. The Hall–Kier alpha value is -2.11. The minimum absolute atomic E-state index is 0.118. The molecule has 0 aromatic carbocycles. The fourth-order valence-electron chi connectivity index (χ4n) is 2.61. The Labute approximate surface area is 124 Å². The van der Waals surface area contributed by atoms with Gasteiger partial charge in [0.1, 0.15) is 0 Å². The topological polar surface area (TPSA) is 91.3 Å². The Kier molecular flexibility index (Phi) is 4.77. The van der Waals surface area contributed by atoms with E-state index in [9.17, 15) is 9.59 Å². The van der Waals surface area contributed by atoms with Crippen molar-refractivity contribution < 1.29 is 14.7 Å². The van der Waals surface area contributed by atoms with Crippen molar-refractivity contribution in [3.63, 3.8) is 0 Å². The molecule has 1 fully saturated rings. The zero-order chi connectivity index (χ0) is 15.3. The molecular weight excluding hydrogens is 270 g/mol. The van der Waals surface area contributed by atoms with Gasteiger partial charge in [0.25, 0.3) is 0 Å². The van der Waals surface area contributed by atoms with Crippen molar-refractivity contribution in [3.05, 3.63) is 29.6 Å². The number of rotatable bonds is 6. The number of carbonyl (C=O) groups excluding carboxylic acids is 1. The lowest BCUT2D eigenvalue weighted by atomic mass is 9.66. The van der Waals surface area contributed by atoms with Crippen molar-refractivity contribution in [1.29, 1.82) is 0 Å². The summed E-state index contributed by atoms with van der Waals surface area (Å²) in [5.41, 5.74) is 1.60. The summed E-state index contributed by atoms with van der Waals surface area (Å²) in [5.74, 6) is -0.805. The van der Waals surface area contributed by atoms with Crippen molar-refractivity contribution in [3.8, 4) is 0 Å². The van der Waals surface area contributed by atoms with Gasteiger partial charge < -0.3 is 15.7 Å². The molecule has 0 unspecified atom stereocenters. The lowest BCUT2D eigenvalue weighted by Crippen LogP contribution is -2.46. The van der Waals surface area contributed by atoms with E-state index in [0.29, 0.717) is 13.1 Å². The van der Waals surface area contributed by atoms with Crippen molar-refractivity contribution in [1.82, 2.24) is 15.6 Å². The van der Waals surface area contributed by atoms with Crippen LogP contribution in [0.15, 0.2) is 18.3 Å². The highest BCUT2D eigenvalue weighted by atomic mass is 16.4. The molecule has 1 aliphatic rings. The summed E-state index contributed by atoms with van der Waals surface area (Å²) in [6.45, 7) is 2.72. The third-order valence-corrected chi connectivity index (χ3v) is 4.10. The summed E-state index contributed by atoms with van der Waals surface area (Å²) in [6.07, 6.45) is 4.56. The molecule has 0 bridgehead atoms. The first-order valence-corrected chi connectivity index (χ1v) is 7.15. The van der Waals surface area contributed by atoms with Crippen LogP contribution in [0.1, 0.15) is 36.9 Å². The van der Waals surface area contributed by atoms with E-state index in [1.165, 1.54) is 0 Å². The molecule has 0 spiro atoms. The van der Waals surface area contributed by atoms with Crippen molar-refractivity contribution in [2.24, 2.45) is 5.41 Å². The Morgan fingerprint density at radius 1 is 1.38 bits per heavy atom. The van der Waals surface area contributed by atoms with Crippen LogP contribution >= 0.6 is 0 Å². The molecule has 0 aliphatic heterocycles. The van der Waals surface area contributed by atoms with E-state index in [1.54, 1.807) is 6.20 Å². The van der Waals surface area contributed by atoms with Gasteiger partial charge in [0.2, 0.25) is 0 Å². The number of pyridine rings is 1. The van der Waals surface area contributed by atoms with Crippen LogP contribution in [0.4, 0.5) is 4.79 Å². The molecule has 6 heteroatoms. The minimum Gasteiger partial charge on any atom is -0.481 e. The van der Waals surface area contributed by atoms with E-state index in [0.717, 1.165) is 30.5 Å². The van der Waals surface area contributed by atoms with Crippen molar-refractivity contribution >= 4 is 12.0 Å². The van der Waals surface area contributed by atoms with Crippen LogP contribution in [0.5, 0.6) is 0 Å². The number of carbonyl (C=O) groups is 2. The second-order valence-corrected chi connectivity index (χ2v) is 5.73. The summed E-state index contributed by atoms with van der Waals surface area (Å²) in [6, 6.07) is 3.51. The van der Waals surface area contributed by atoms with E-state index < -0.39 is 5.97 Å². The Morgan fingerprint density at radius 3 is 2.71 bits per heavy atom. The largest absolute Gasteiger partial charge is 0.481 e. The third kappa shape index (κ3) is 4.18. The molecule has 21 heavy (non-hydrogen) atoms. The maximum Gasteiger partial charge on any atom is 0.315 e. The van der Waals surface area contributed by atoms with Gasteiger partial charge in [-0.3, -0.25) is 9.78 Å². The molecule has 2 rings (SSSR count). The van der Waals surface area contributed by atoms with E-state index in [-0.39, 0.29) is 17.9 Å². The number of nitrogens with one attached hydrogen (secondary N) is 2. The summed E-state index contributed by atoms with van der Waals surface area (Å²) in [7, 11) is 0. The quantitative estimate of drug-likeness (QED) is 0.745. The summed E-state index contributed by atoms with van der Waals surface area (Å²) < 4.78 is 0. The zero-order valence-electron chi connectivity index (χ0n) is 12.2. The number of aliphatic carboxylic acids is 1. The number of aromatic nitrogens is 1. The van der Waals surface area contributed by atoms with Crippen LogP contribution in [-0.2, 0) is 11.3 Å².